The third kappa shape index (κ3) is 7.97. The second-order valence-electron chi connectivity index (χ2n) is 8.91. The number of carbonyl (C=O) groups is 1. The second-order valence-corrected chi connectivity index (χ2v) is 11.6. The molecule has 3 aromatic carbocycles. The molecule has 0 spiro atoms. The van der Waals surface area contributed by atoms with Gasteiger partial charge in [0, 0.05) is 6.54 Å². The summed E-state index contributed by atoms with van der Waals surface area (Å²) in [4.78, 5) is 12.9. The van der Waals surface area contributed by atoms with E-state index >= 15 is 0 Å². The van der Waals surface area contributed by atoms with E-state index in [2.05, 4.69) is 21.2 Å². The fourth-order valence-electron chi connectivity index (χ4n) is 3.67. The molecule has 0 radical (unpaired) electrons. The Balaban J connectivity index is 1.67. The van der Waals surface area contributed by atoms with Crippen LogP contribution in [0.15, 0.2) is 76.1 Å². The maximum atomic E-state index is 13.6. The second kappa shape index (κ2) is 13.0. The zero-order chi connectivity index (χ0) is 27.0. The van der Waals surface area contributed by atoms with E-state index < -0.39 is 10.0 Å². The number of anilines is 1. The number of nitrogens with zero attached hydrogens (tertiary/aromatic N) is 1. The summed E-state index contributed by atoms with van der Waals surface area (Å²) in [5, 5.41) is 2.86. The van der Waals surface area contributed by atoms with Gasteiger partial charge in [-0.1, -0.05) is 29.8 Å². The van der Waals surface area contributed by atoms with E-state index in [0.717, 1.165) is 34.0 Å². The molecule has 1 N–H and O–H groups in total. The zero-order valence-electron chi connectivity index (χ0n) is 21.5. The first kappa shape index (κ1) is 28.5. The number of aryl methyl sites for hydroxylation is 2. The fourth-order valence-corrected chi connectivity index (χ4v) is 5.81. The van der Waals surface area contributed by atoms with E-state index in [1.807, 2.05) is 57.2 Å². The Bertz CT molecular complexity index is 1290. The number of nitrogens with one attached hydrogen (secondary N) is 1. The van der Waals surface area contributed by atoms with Crippen LogP contribution in [0, 0.1) is 6.92 Å². The highest BCUT2D eigenvalue weighted by atomic mass is 79.9. The summed E-state index contributed by atoms with van der Waals surface area (Å²) in [6.07, 6.45) is 1.62. The number of carbonyl (C=O) groups excluding carboxylic acids is 1. The zero-order valence-corrected chi connectivity index (χ0v) is 23.9. The summed E-state index contributed by atoms with van der Waals surface area (Å²) in [5.41, 5.74) is 2.54. The van der Waals surface area contributed by atoms with Crippen LogP contribution in [-0.4, -0.2) is 40.6 Å². The van der Waals surface area contributed by atoms with Crippen LogP contribution in [0.2, 0.25) is 0 Å². The Kier molecular flexibility index (Phi) is 10.00. The van der Waals surface area contributed by atoms with Crippen molar-refractivity contribution in [1.82, 2.24) is 5.32 Å². The fraction of sp³-hybridized carbons (Fsp3) is 0.321. The summed E-state index contributed by atoms with van der Waals surface area (Å²) < 4.78 is 39.7. The Morgan fingerprint density at radius 3 is 2.30 bits per heavy atom. The Labute approximate surface area is 228 Å². The quantitative estimate of drug-likeness (QED) is 0.282. The molecule has 0 heterocycles. The summed E-state index contributed by atoms with van der Waals surface area (Å²) in [5.74, 6) is 0.964. The van der Waals surface area contributed by atoms with Gasteiger partial charge in [0.05, 0.1) is 28.3 Å². The van der Waals surface area contributed by atoms with Crippen LogP contribution >= 0.6 is 15.9 Å². The van der Waals surface area contributed by atoms with Crippen LogP contribution in [0.3, 0.4) is 0 Å². The van der Waals surface area contributed by atoms with E-state index in [1.165, 1.54) is 19.2 Å². The minimum atomic E-state index is -4.02. The van der Waals surface area contributed by atoms with Gasteiger partial charge < -0.3 is 14.8 Å². The van der Waals surface area contributed by atoms with Crippen molar-refractivity contribution in [3.63, 3.8) is 0 Å². The van der Waals surface area contributed by atoms with Crippen LogP contribution in [0.1, 0.15) is 31.4 Å². The lowest BCUT2D eigenvalue weighted by molar-refractivity contribution is -0.119. The molecular weight excluding hydrogens is 556 g/mol. The highest BCUT2D eigenvalue weighted by Gasteiger charge is 2.28. The van der Waals surface area contributed by atoms with Gasteiger partial charge in [-0.25, -0.2) is 8.42 Å². The molecule has 0 aliphatic heterocycles. The van der Waals surface area contributed by atoms with Crippen molar-refractivity contribution >= 4 is 37.5 Å². The molecule has 0 aliphatic carbocycles. The molecule has 0 saturated carbocycles. The first-order valence-electron chi connectivity index (χ1n) is 12.1. The average molecular weight is 590 g/mol. The Morgan fingerprint density at radius 1 is 1.03 bits per heavy atom. The van der Waals surface area contributed by atoms with Crippen molar-refractivity contribution in [3.8, 4) is 11.5 Å². The van der Waals surface area contributed by atoms with E-state index in [0.29, 0.717) is 22.5 Å². The number of sulfonamides is 1. The predicted octanol–water partition coefficient (Wildman–Crippen LogP) is 5.50. The van der Waals surface area contributed by atoms with Gasteiger partial charge in [-0.05, 0) is 97.6 Å². The predicted molar refractivity (Wildman–Crippen MR) is 150 cm³/mol. The molecule has 7 nitrogen and oxygen atoms in total. The van der Waals surface area contributed by atoms with Gasteiger partial charge >= 0.3 is 0 Å². The summed E-state index contributed by atoms with van der Waals surface area (Å²) in [6.45, 7) is 5.98. The van der Waals surface area contributed by atoms with Crippen molar-refractivity contribution in [2.75, 3.05) is 24.5 Å². The van der Waals surface area contributed by atoms with Gasteiger partial charge in [-0.2, -0.15) is 0 Å². The highest BCUT2D eigenvalue weighted by molar-refractivity contribution is 9.10. The standard InChI is InChI=1S/C28H33BrN2O5S/c1-20(2)36-24-13-9-22(10-14-24)6-5-17-30-28(32)19-31(23-11-7-21(3)8-12-23)37(33,34)25-15-16-27(35-4)26(29)18-25/h7-16,18,20H,5-6,17,19H2,1-4H3,(H,30,32). The maximum Gasteiger partial charge on any atom is 0.264 e. The van der Waals surface area contributed by atoms with Gasteiger partial charge in [0.2, 0.25) is 5.91 Å². The lowest BCUT2D eigenvalue weighted by Gasteiger charge is -2.24. The number of methoxy groups -OCH3 is 1. The molecule has 0 bridgehead atoms. The molecule has 198 valence electrons. The molecule has 1 amide bonds. The molecule has 0 fully saturated rings. The summed E-state index contributed by atoms with van der Waals surface area (Å²) in [7, 11) is -2.51. The van der Waals surface area contributed by atoms with Gasteiger partial charge in [0.15, 0.2) is 0 Å². The molecule has 0 aromatic heterocycles. The van der Waals surface area contributed by atoms with Gasteiger partial charge in [0.25, 0.3) is 10.0 Å². The third-order valence-electron chi connectivity index (χ3n) is 5.58. The molecule has 0 atom stereocenters. The van der Waals surface area contributed by atoms with Gasteiger partial charge in [-0.3, -0.25) is 9.10 Å². The van der Waals surface area contributed by atoms with Crippen molar-refractivity contribution in [3.05, 3.63) is 82.3 Å². The van der Waals surface area contributed by atoms with Crippen molar-refractivity contribution in [2.24, 2.45) is 0 Å². The summed E-state index contributed by atoms with van der Waals surface area (Å²) in [6, 6.07) is 19.5. The van der Waals surface area contributed by atoms with Crippen LogP contribution in [0.4, 0.5) is 5.69 Å². The number of ether oxygens (including phenoxy) is 2. The van der Waals surface area contributed by atoms with Crippen LogP contribution in [0.25, 0.3) is 0 Å². The maximum absolute atomic E-state index is 13.6. The largest absolute Gasteiger partial charge is 0.496 e. The topological polar surface area (TPSA) is 84.9 Å². The average Bonchev–Trinajstić information content (AvgIpc) is 2.86. The van der Waals surface area contributed by atoms with Crippen molar-refractivity contribution < 1.29 is 22.7 Å². The SMILES string of the molecule is COc1ccc(S(=O)(=O)N(CC(=O)NCCCc2ccc(OC(C)C)cc2)c2ccc(C)cc2)cc1Br. The monoisotopic (exact) mass is 588 g/mol. The molecule has 3 rings (SSSR count). The van der Waals surface area contributed by atoms with Crippen LogP contribution < -0.4 is 19.1 Å². The lowest BCUT2D eigenvalue weighted by atomic mass is 10.1. The number of amides is 1. The van der Waals surface area contributed by atoms with E-state index in [9.17, 15) is 13.2 Å². The molecule has 37 heavy (non-hydrogen) atoms. The number of benzene rings is 3. The van der Waals surface area contributed by atoms with E-state index in [4.69, 9.17) is 9.47 Å². The molecule has 0 unspecified atom stereocenters. The number of hydrogen-bond acceptors (Lipinski definition) is 5. The van der Waals surface area contributed by atoms with Gasteiger partial charge in [-0.15, -0.1) is 0 Å². The lowest BCUT2D eigenvalue weighted by Crippen LogP contribution is -2.41. The van der Waals surface area contributed by atoms with E-state index in [1.54, 1.807) is 18.2 Å². The molecule has 0 saturated heterocycles. The number of hydrogen-bond donors (Lipinski definition) is 1. The number of halogens is 1. The minimum absolute atomic E-state index is 0.0541. The molecular formula is C28H33BrN2O5S. The smallest absolute Gasteiger partial charge is 0.264 e. The van der Waals surface area contributed by atoms with Crippen molar-refractivity contribution in [1.29, 1.82) is 0 Å². The van der Waals surface area contributed by atoms with E-state index in [-0.39, 0.29) is 23.5 Å². The molecule has 3 aromatic rings. The molecule has 9 heteroatoms. The van der Waals surface area contributed by atoms with Crippen molar-refractivity contribution in [2.45, 2.75) is 44.6 Å². The normalized spacial score (nSPS) is 11.3. The molecule has 0 aliphatic rings. The van der Waals surface area contributed by atoms with Crippen LogP contribution in [0.5, 0.6) is 11.5 Å². The summed E-state index contributed by atoms with van der Waals surface area (Å²) >= 11 is 3.35. The first-order chi connectivity index (χ1) is 17.6. The Hall–Kier alpha value is -3.04. The Morgan fingerprint density at radius 2 is 1.70 bits per heavy atom. The first-order valence-corrected chi connectivity index (χ1v) is 14.3. The van der Waals surface area contributed by atoms with Crippen LogP contribution in [-0.2, 0) is 21.2 Å². The third-order valence-corrected chi connectivity index (χ3v) is 7.97. The minimum Gasteiger partial charge on any atom is -0.496 e. The highest BCUT2D eigenvalue weighted by Crippen LogP contribution is 2.30. The van der Waals surface area contributed by atoms with Gasteiger partial charge in [0.1, 0.15) is 18.0 Å². The number of rotatable bonds is 12.